The van der Waals surface area contributed by atoms with Gasteiger partial charge < -0.3 is 29.8 Å². The maximum atomic E-state index is 14.4. The Balaban J connectivity index is 1.73. The monoisotopic (exact) mass is 584 g/mol. The molecule has 0 radical (unpaired) electrons. The Kier molecular flexibility index (Phi) is 13.6. The predicted octanol–water partition coefficient (Wildman–Crippen LogP) is 3.38. The number of benzene rings is 1. The summed E-state index contributed by atoms with van der Waals surface area (Å²) in [6.45, 7) is 1.60. The molecule has 13 heteroatoms. The van der Waals surface area contributed by atoms with Gasteiger partial charge in [-0.15, -0.1) is 10.1 Å². The molecule has 1 aromatic carbocycles. The average molecular weight is 585 g/mol. The van der Waals surface area contributed by atoms with E-state index in [2.05, 4.69) is 10.2 Å². The zero-order valence-corrected chi connectivity index (χ0v) is 23.1. The Morgan fingerprint density at radius 2 is 1.90 bits per heavy atom. The van der Waals surface area contributed by atoms with E-state index in [9.17, 15) is 38.7 Å². The summed E-state index contributed by atoms with van der Waals surface area (Å²) in [5, 5.41) is 32.4. The molecule has 1 fully saturated rings. The van der Waals surface area contributed by atoms with E-state index in [0.717, 1.165) is 6.08 Å². The smallest absolute Gasteiger partial charge is 0.328 e. The minimum absolute atomic E-state index is 0.0854. The number of alkyl halides is 2. The van der Waals surface area contributed by atoms with Gasteiger partial charge in [-0.3, -0.25) is 4.79 Å². The third-order valence-electron chi connectivity index (χ3n) is 6.46. The SMILES string of the molecule is CC(COC(=O)C(C)NC(=O)CCC/C=C\C[C@@H]1[C@@H](/C=C/C(F)(F)COc2ccccc2)[C@H](O)C[C@@H]1O)O[N+](=O)[O-]. The van der Waals surface area contributed by atoms with E-state index in [1.54, 1.807) is 36.4 Å². The molecule has 1 aliphatic carbocycles. The second kappa shape index (κ2) is 16.6. The lowest BCUT2D eigenvalue weighted by molar-refractivity contribution is -0.767. The van der Waals surface area contributed by atoms with Gasteiger partial charge >= 0.3 is 5.97 Å². The highest BCUT2D eigenvalue weighted by atomic mass is 19.3. The summed E-state index contributed by atoms with van der Waals surface area (Å²) >= 11 is 0. The molecule has 0 bridgehead atoms. The number of allylic oxidation sites excluding steroid dienone is 2. The standard InChI is InChI=1S/C28H38F2N2O9/c1-19(41-32(37)38)17-39-27(36)20(2)31-26(35)13-9-4-3-8-12-22-23(25(34)16-24(22)33)14-15-28(29,30)18-40-21-10-6-5-7-11-21/h3,5-8,10-11,14-15,19-20,22-25,33-34H,4,9,12-13,16-18H2,1-2H3,(H,31,35)/b8-3-,15-14+/t19?,20?,22-,23-,24+,25-/m1/s1. The van der Waals surface area contributed by atoms with Crippen molar-refractivity contribution >= 4 is 11.9 Å². The molecule has 2 rings (SSSR count). The summed E-state index contributed by atoms with van der Waals surface area (Å²) in [5.74, 6) is -5.17. The summed E-state index contributed by atoms with van der Waals surface area (Å²) in [7, 11) is 0. The number of esters is 1. The highest BCUT2D eigenvalue weighted by Gasteiger charge is 2.40. The van der Waals surface area contributed by atoms with Gasteiger partial charge in [-0.2, -0.15) is 8.78 Å². The molecular weight excluding hydrogens is 546 g/mol. The second-order valence-corrected chi connectivity index (χ2v) is 9.99. The van der Waals surface area contributed by atoms with E-state index in [1.165, 1.54) is 19.9 Å². The fraction of sp³-hybridized carbons (Fsp3) is 0.571. The van der Waals surface area contributed by atoms with Crippen molar-refractivity contribution in [3.05, 3.63) is 64.8 Å². The molecule has 0 heterocycles. The van der Waals surface area contributed by atoms with E-state index in [4.69, 9.17) is 9.47 Å². The highest BCUT2D eigenvalue weighted by molar-refractivity contribution is 5.84. The Morgan fingerprint density at radius 3 is 2.59 bits per heavy atom. The maximum absolute atomic E-state index is 14.4. The van der Waals surface area contributed by atoms with Crippen molar-refractivity contribution in [2.45, 2.75) is 76.2 Å². The first-order valence-corrected chi connectivity index (χ1v) is 13.4. The lowest BCUT2D eigenvalue weighted by atomic mass is 9.89. The molecule has 6 atom stereocenters. The normalized spacial score (nSPS) is 22.4. The van der Waals surface area contributed by atoms with Crippen LogP contribution in [0.2, 0.25) is 0 Å². The van der Waals surface area contributed by atoms with Crippen molar-refractivity contribution < 1.29 is 48.0 Å². The number of aliphatic hydroxyl groups is 2. The number of amides is 1. The van der Waals surface area contributed by atoms with Gasteiger partial charge in [-0.05, 0) is 57.2 Å². The van der Waals surface area contributed by atoms with Crippen LogP contribution in [0.3, 0.4) is 0 Å². The molecule has 1 amide bonds. The van der Waals surface area contributed by atoms with E-state index >= 15 is 0 Å². The minimum Gasteiger partial charge on any atom is -0.487 e. The number of carbonyl (C=O) groups is 2. The number of hydrogen-bond acceptors (Lipinski definition) is 9. The number of unbranched alkanes of at least 4 members (excludes halogenated alkanes) is 1. The zero-order valence-electron chi connectivity index (χ0n) is 23.1. The molecule has 2 unspecified atom stereocenters. The van der Waals surface area contributed by atoms with Gasteiger partial charge in [0.2, 0.25) is 5.91 Å². The third kappa shape index (κ3) is 12.6. The second-order valence-electron chi connectivity index (χ2n) is 9.99. The van der Waals surface area contributed by atoms with Crippen molar-refractivity contribution in [1.29, 1.82) is 0 Å². The van der Waals surface area contributed by atoms with Crippen LogP contribution in [0.5, 0.6) is 5.75 Å². The fourth-order valence-electron chi connectivity index (χ4n) is 4.33. The average Bonchev–Trinajstić information content (AvgIpc) is 3.18. The summed E-state index contributed by atoms with van der Waals surface area (Å²) < 4.78 is 38.7. The van der Waals surface area contributed by atoms with Gasteiger partial charge in [-0.25, -0.2) is 4.79 Å². The van der Waals surface area contributed by atoms with Crippen molar-refractivity contribution in [2.24, 2.45) is 11.8 Å². The molecule has 11 nitrogen and oxygen atoms in total. The third-order valence-corrected chi connectivity index (χ3v) is 6.46. The van der Waals surface area contributed by atoms with Crippen LogP contribution in [0, 0.1) is 22.0 Å². The molecular formula is C28H38F2N2O9. The van der Waals surface area contributed by atoms with Gasteiger partial charge in [0.25, 0.3) is 11.0 Å². The molecule has 0 aliphatic heterocycles. The van der Waals surface area contributed by atoms with Crippen molar-refractivity contribution in [3.63, 3.8) is 0 Å². The Morgan fingerprint density at radius 1 is 1.20 bits per heavy atom. The molecule has 0 spiro atoms. The molecule has 0 aromatic heterocycles. The van der Waals surface area contributed by atoms with E-state index in [0.29, 0.717) is 25.0 Å². The van der Waals surface area contributed by atoms with Crippen LogP contribution in [0.1, 0.15) is 46.0 Å². The maximum Gasteiger partial charge on any atom is 0.328 e. The van der Waals surface area contributed by atoms with Gasteiger partial charge in [-0.1, -0.05) is 36.4 Å². The Hall–Kier alpha value is -3.58. The Labute approximate surface area is 237 Å². The van der Waals surface area contributed by atoms with Gasteiger partial charge in [0.05, 0.1) is 12.2 Å². The quantitative estimate of drug-likeness (QED) is 0.0821. The van der Waals surface area contributed by atoms with Crippen LogP contribution in [-0.2, 0) is 19.2 Å². The van der Waals surface area contributed by atoms with Crippen molar-refractivity contribution in [3.8, 4) is 5.75 Å². The molecule has 1 saturated carbocycles. The topological polar surface area (TPSA) is 157 Å². The first-order chi connectivity index (χ1) is 19.4. The number of hydrogen-bond donors (Lipinski definition) is 3. The molecule has 1 aliphatic rings. The summed E-state index contributed by atoms with van der Waals surface area (Å²) in [6, 6.07) is 7.31. The zero-order chi connectivity index (χ0) is 30.4. The predicted molar refractivity (Wildman–Crippen MR) is 143 cm³/mol. The fourth-order valence-corrected chi connectivity index (χ4v) is 4.33. The lowest BCUT2D eigenvalue weighted by Crippen LogP contribution is -2.40. The number of halogens is 2. The van der Waals surface area contributed by atoms with Gasteiger partial charge in [0, 0.05) is 18.8 Å². The molecule has 41 heavy (non-hydrogen) atoms. The van der Waals surface area contributed by atoms with Crippen LogP contribution in [0.25, 0.3) is 0 Å². The first kappa shape index (κ1) is 33.6. The summed E-state index contributed by atoms with van der Waals surface area (Å²) in [6.07, 6.45) is 4.37. The van der Waals surface area contributed by atoms with Crippen LogP contribution in [-0.4, -0.2) is 70.7 Å². The summed E-state index contributed by atoms with van der Waals surface area (Å²) in [4.78, 5) is 38.5. The Bertz CT molecular complexity index is 1040. The summed E-state index contributed by atoms with van der Waals surface area (Å²) in [5.41, 5.74) is 0. The number of nitrogens with one attached hydrogen (secondary N) is 1. The van der Waals surface area contributed by atoms with Crippen molar-refractivity contribution in [1.82, 2.24) is 5.32 Å². The van der Waals surface area contributed by atoms with E-state index in [-0.39, 0.29) is 25.4 Å². The molecule has 0 saturated heterocycles. The van der Waals surface area contributed by atoms with Crippen molar-refractivity contribution in [2.75, 3.05) is 13.2 Å². The lowest BCUT2D eigenvalue weighted by Gasteiger charge is -2.20. The molecule has 228 valence electrons. The van der Waals surface area contributed by atoms with Gasteiger partial charge in [0.15, 0.2) is 6.61 Å². The van der Waals surface area contributed by atoms with Crippen LogP contribution >= 0.6 is 0 Å². The van der Waals surface area contributed by atoms with Crippen LogP contribution in [0.15, 0.2) is 54.6 Å². The number of ether oxygens (including phenoxy) is 2. The number of aliphatic hydroxyl groups excluding tert-OH is 2. The van der Waals surface area contributed by atoms with Gasteiger partial charge in [0.1, 0.15) is 24.5 Å². The largest absolute Gasteiger partial charge is 0.487 e. The number of rotatable bonds is 17. The van der Waals surface area contributed by atoms with Crippen LogP contribution in [0.4, 0.5) is 8.78 Å². The number of nitrogens with zero attached hydrogens (tertiary/aromatic N) is 1. The minimum atomic E-state index is -3.26. The number of para-hydroxylation sites is 1. The highest BCUT2D eigenvalue weighted by Crippen LogP contribution is 2.37. The molecule has 3 N–H and O–H groups in total. The molecule has 1 aromatic rings. The first-order valence-electron chi connectivity index (χ1n) is 13.4. The van der Waals surface area contributed by atoms with Crippen LogP contribution < -0.4 is 10.1 Å². The number of carbonyl (C=O) groups excluding carboxylic acids is 2. The van der Waals surface area contributed by atoms with E-state index in [1.807, 2.05) is 6.08 Å². The van der Waals surface area contributed by atoms with E-state index < -0.39 is 59.8 Å².